The Bertz CT molecular complexity index is 936. The second-order valence-electron chi connectivity index (χ2n) is 10.1. The molecule has 0 saturated heterocycles. The molecule has 4 bridgehead atoms. The maximum Gasteiger partial charge on any atom is 0.312 e. The fourth-order valence-electron chi connectivity index (χ4n) is 6.62. The Morgan fingerprint density at radius 3 is 2.34 bits per heavy atom. The second-order valence-corrected chi connectivity index (χ2v) is 11.0. The molecule has 2 unspecified atom stereocenters. The molecule has 0 spiro atoms. The van der Waals surface area contributed by atoms with Gasteiger partial charge < -0.3 is 15.4 Å². The van der Waals surface area contributed by atoms with Gasteiger partial charge in [-0.2, -0.15) is 0 Å². The number of nitrogens with one attached hydrogen (secondary N) is 2. The fourth-order valence-corrected chi connectivity index (χ4v) is 7.19. The van der Waals surface area contributed by atoms with Crippen molar-refractivity contribution in [1.29, 1.82) is 0 Å². The zero-order chi connectivity index (χ0) is 23.3. The first-order valence-electron chi connectivity index (χ1n) is 11.3. The van der Waals surface area contributed by atoms with Gasteiger partial charge in [-0.15, -0.1) is 0 Å². The largest absolute Gasteiger partial charge is 0.452 e. The van der Waals surface area contributed by atoms with E-state index in [9.17, 15) is 14.4 Å². The molecule has 2 amide bonds. The Morgan fingerprint density at radius 2 is 1.75 bits per heavy atom. The number of benzene rings is 1. The third-order valence-electron chi connectivity index (χ3n) is 7.38. The Hall–Kier alpha value is -1.79. The first-order valence-corrected chi connectivity index (χ1v) is 12.0. The summed E-state index contributed by atoms with van der Waals surface area (Å²) in [6.07, 6.45) is 4.16. The minimum atomic E-state index is -0.930. The van der Waals surface area contributed by atoms with Crippen molar-refractivity contribution in [3.05, 3.63) is 33.8 Å². The maximum absolute atomic E-state index is 13.3. The van der Waals surface area contributed by atoms with Crippen molar-refractivity contribution in [3.63, 3.8) is 0 Å². The van der Waals surface area contributed by atoms with Crippen molar-refractivity contribution >= 4 is 41.0 Å². The number of ether oxygens (including phenoxy) is 1. The van der Waals surface area contributed by atoms with Crippen molar-refractivity contribution in [3.8, 4) is 0 Å². The summed E-state index contributed by atoms with van der Waals surface area (Å²) in [5.41, 5.74) is -0.201. The Labute approximate surface area is 198 Å². The molecule has 4 saturated carbocycles. The number of amides is 2. The zero-order valence-corrected chi connectivity index (χ0v) is 20.2. The molecule has 6 nitrogen and oxygen atoms in total. The Kier molecular flexibility index (Phi) is 6.23. The van der Waals surface area contributed by atoms with E-state index in [1.807, 2.05) is 6.92 Å². The molecule has 1 aromatic rings. The summed E-state index contributed by atoms with van der Waals surface area (Å²) in [5, 5.41) is 7.00. The fraction of sp³-hybridized carbons (Fsp3) is 0.625. The molecular formula is C24H30Cl2N2O4. The summed E-state index contributed by atoms with van der Waals surface area (Å²) in [6, 6.07) is 4.74. The highest BCUT2D eigenvalue weighted by atomic mass is 35.5. The van der Waals surface area contributed by atoms with Crippen LogP contribution in [0.1, 0.15) is 70.9 Å². The molecule has 8 heteroatoms. The number of hydrogen-bond donors (Lipinski definition) is 2. The van der Waals surface area contributed by atoms with E-state index in [0.717, 1.165) is 37.7 Å². The molecule has 6 atom stereocenters. The molecule has 5 rings (SSSR count). The van der Waals surface area contributed by atoms with Crippen LogP contribution in [0, 0.1) is 17.3 Å². The minimum absolute atomic E-state index is 0.0574. The SMILES string of the molecule is CC(=O)NC12C[C@H]3C[C@@H](C1)CC(C(=O)O[C@@H](C)C(=O)N[C@@H](C)c1ccc(Cl)cc1Cl)(C3)C2. The Morgan fingerprint density at radius 1 is 1.09 bits per heavy atom. The number of carbonyl (C=O) groups is 3. The van der Waals surface area contributed by atoms with Crippen molar-refractivity contribution in [2.75, 3.05) is 0 Å². The lowest BCUT2D eigenvalue weighted by molar-refractivity contribution is -0.182. The highest BCUT2D eigenvalue weighted by molar-refractivity contribution is 6.35. The molecule has 4 aliphatic carbocycles. The Balaban J connectivity index is 1.42. The van der Waals surface area contributed by atoms with Crippen LogP contribution in [0.4, 0.5) is 0 Å². The second kappa shape index (κ2) is 8.53. The first-order chi connectivity index (χ1) is 15.0. The summed E-state index contributed by atoms with van der Waals surface area (Å²) < 4.78 is 5.72. The normalized spacial score (nSPS) is 32.2. The van der Waals surface area contributed by atoms with Gasteiger partial charge in [-0.3, -0.25) is 14.4 Å². The third kappa shape index (κ3) is 4.49. The molecule has 4 fully saturated rings. The van der Waals surface area contributed by atoms with Crippen LogP contribution in [0.2, 0.25) is 10.0 Å². The summed E-state index contributed by atoms with van der Waals surface area (Å²) in [5.74, 6) is 0.0658. The van der Waals surface area contributed by atoms with Gasteiger partial charge in [0.1, 0.15) is 0 Å². The van der Waals surface area contributed by atoms with Gasteiger partial charge in [-0.25, -0.2) is 0 Å². The standard InChI is InChI=1S/C24H30Cl2N2O4/c1-13(19-5-4-18(25)7-20(19)26)27-21(30)14(2)32-22(31)23-8-16-6-17(9-23)11-24(10-16,12-23)28-15(3)29/h4-5,7,13-14,16-17H,6,8-12H2,1-3H3,(H,27,30)(H,28,29)/t13-,14-,16-,17+,23?,24?/m0/s1. The quantitative estimate of drug-likeness (QED) is 0.583. The summed E-state index contributed by atoms with van der Waals surface area (Å²) in [6.45, 7) is 4.94. The molecule has 1 aromatic carbocycles. The summed E-state index contributed by atoms with van der Waals surface area (Å²) in [4.78, 5) is 37.9. The van der Waals surface area contributed by atoms with Gasteiger partial charge in [-0.05, 0) is 81.9 Å². The lowest BCUT2D eigenvalue weighted by Crippen LogP contribution is -2.65. The number of hydrogen-bond acceptors (Lipinski definition) is 4. The van der Waals surface area contributed by atoms with Crippen LogP contribution in [0.3, 0.4) is 0 Å². The van der Waals surface area contributed by atoms with E-state index in [1.54, 1.807) is 25.1 Å². The van der Waals surface area contributed by atoms with Crippen LogP contribution in [0.5, 0.6) is 0 Å². The van der Waals surface area contributed by atoms with Gasteiger partial charge in [0.2, 0.25) is 5.91 Å². The predicted molar refractivity (Wildman–Crippen MR) is 122 cm³/mol. The van der Waals surface area contributed by atoms with E-state index in [4.69, 9.17) is 27.9 Å². The van der Waals surface area contributed by atoms with Crippen molar-refractivity contribution < 1.29 is 19.1 Å². The van der Waals surface area contributed by atoms with Crippen LogP contribution < -0.4 is 10.6 Å². The third-order valence-corrected chi connectivity index (χ3v) is 7.94. The van der Waals surface area contributed by atoms with Crippen molar-refractivity contribution in [2.24, 2.45) is 17.3 Å². The van der Waals surface area contributed by atoms with Gasteiger partial charge in [0.05, 0.1) is 11.5 Å². The van der Waals surface area contributed by atoms with Crippen molar-refractivity contribution in [2.45, 2.75) is 77.0 Å². The van der Waals surface area contributed by atoms with E-state index in [0.29, 0.717) is 28.3 Å². The molecule has 0 heterocycles. The molecule has 0 aliphatic heterocycles. The van der Waals surface area contributed by atoms with E-state index in [1.165, 1.54) is 6.92 Å². The van der Waals surface area contributed by atoms with Crippen LogP contribution >= 0.6 is 23.2 Å². The zero-order valence-electron chi connectivity index (χ0n) is 18.7. The van der Waals surface area contributed by atoms with Crippen LogP contribution in [0.25, 0.3) is 0 Å². The smallest absolute Gasteiger partial charge is 0.312 e. The van der Waals surface area contributed by atoms with Crippen LogP contribution in [-0.2, 0) is 19.1 Å². The molecular weight excluding hydrogens is 451 g/mol. The topological polar surface area (TPSA) is 84.5 Å². The lowest BCUT2D eigenvalue weighted by atomic mass is 9.47. The number of rotatable bonds is 6. The van der Waals surface area contributed by atoms with Gasteiger partial charge in [0.15, 0.2) is 6.10 Å². The summed E-state index contributed by atoms with van der Waals surface area (Å²) in [7, 11) is 0. The molecule has 2 N–H and O–H groups in total. The molecule has 0 aromatic heterocycles. The highest BCUT2D eigenvalue weighted by Gasteiger charge is 2.61. The molecule has 0 radical (unpaired) electrons. The van der Waals surface area contributed by atoms with Gasteiger partial charge in [-0.1, -0.05) is 29.3 Å². The minimum Gasteiger partial charge on any atom is -0.452 e. The van der Waals surface area contributed by atoms with E-state index in [2.05, 4.69) is 10.6 Å². The predicted octanol–water partition coefficient (Wildman–Crippen LogP) is 4.58. The number of esters is 1. The van der Waals surface area contributed by atoms with E-state index >= 15 is 0 Å². The maximum atomic E-state index is 13.3. The average molecular weight is 481 g/mol. The van der Waals surface area contributed by atoms with Crippen LogP contribution in [0.15, 0.2) is 18.2 Å². The number of halogens is 2. The van der Waals surface area contributed by atoms with Crippen molar-refractivity contribution in [1.82, 2.24) is 10.6 Å². The van der Waals surface area contributed by atoms with E-state index < -0.39 is 11.5 Å². The monoisotopic (exact) mass is 480 g/mol. The lowest BCUT2D eigenvalue weighted by Gasteiger charge is -2.60. The van der Waals surface area contributed by atoms with E-state index in [-0.39, 0.29) is 29.4 Å². The molecule has 4 aliphatic rings. The van der Waals surface area contributed by atoms with Gasteiger partial charge >= 0.3 is 5.97 Å². The molecule has 32 heavy (non-hydrogen) atoms. The number of carbonyl (C=O) groups excluding carboxylic acids is 3. The highest BCUT2D eigenvalue weighted by Crippen LogP contribution is 2.62. The average Bonchev–Trinajstić information content (AvgIpc) is 2.65. The van der Waals surface area contributed by atoms with Gasteiger partial charge in [0.25, 0.3) is 5.91 Å². The molecule has 174 valence electrons. The van der Waals surface area contributed by atoms with Gasteiger partial charge in [0, 0.05) is 22.5 Å². The summed E-state index contributed by atoms with van der Waals surface area (Å²) >= 11 is 12.2. The first kappa shape index (κ1) is 23.4. The van der Waals surface area contributed by atoms with Crippen LogP contribution in [-0.4, -0.2) is 29.4 Å².